The van der Waals surface area contributed by atoms with E-state index in [0.717, 1.165) is 38.3 Å². The average molecular weight is 284 g/mol. The van der Waals surface area contributed by atoms with Crippen LogP contribution in [0.5, 0.6) is 0 Å². The molecule has 4 nitrogen and oxygen atoms in total. The first kappa shape index (κ1) is 15.3. The van der Waals surface area contributed by atoms with Crippen molar-refractivity contribution in [3.63, 3.8) is 0 Å². The predicted octanol–water partition coefficient (Wildman–Crippen LogP) is 3.72. The van der Waals surface area contributed by atoms with Gasteiger partial charge in [0, 0.05) is 25.8 Å². The molecular weight excluding hydrogens is 260 g/mol. The van der Waals surface area contributed by atoms with E-state index in [1.807, 2.05) is 30.5 Å². The van der Waals surface area contributed by atoms with Crippen LogP contribution in [0.15, 0.2) is 42.6 Å². The maximum Gasteiger partial charge on any atom is 0.224 e. The van der Waals surface area contributed by atoms with Gasteiger partial charge in [0.05, 0.1) is 0 Å². The summed E-state index contributed by atoms with van der Waals surface area (Å²) in [7, 11) is 0. The Bertz CT molecular complexity index is 521. The van der Waals surface area contributed by atoms with Crippen molar-refractivity contribution in [2.75, 3.05) is 23.3 Å². The Morgan fingerprint density at radius 3 is 2.38 bits per heavy atom. The van der Waals surface area contributed by atoms with Gasteiger partial charge >= 0.3 is 0 Å². The van der Waals surface area contributed by atoms with Crippen molar-refractivity contribution < 1.29 is 0 Å². The van der Waals surface area contributed by atoms with Crippen molar-refractivity contribution >= 4 is 11.8 Å². The number of aromatic nitrogens is 2. The van der Waals surface area contributed by atoms with Crippen molar-refractivity contribution in [1.82, 2.24) is 9.97 Å². The van der Waals surface area contributed by atoms with E-state index in [1.165, 1.54) is 5.56 Å². The maximum atomic E-state index is 4.63. The molecule has 1 aromatic carbocycles. The zero-order chi connectivity index (χ0) is 14.9. The van der Waals surface area contributed by atoms with Crippen molar-refractivity contribution in [2.45, 2.75) is 33.2 Å². The molecule has 0 radical (unpaired) electrons. The van der Waals surface area contributed by atoms with Crippen molar-refractivity contribution in [1.29, 1.82) is 0 Å². The topological polar surface area (TPSA) is 41.1 Å². The second-order valence-corrected chi connectivity index (χ2v) is 5.06. The molecule has 0 atom stereocenters. The highest BCUT2D eigenvalue weighted by Crippen LogP contribution is 2.13. The molecule has 2 rings (SSSR count). The second-order valence-electron chi connectivity index (χ2n) is 5.06. The van der Waals surface area contributed by atoms with Gasteiger partial charge in [-0.2, -0.15) is 4.98 Å². The van der Waals surface area contributed by atoms with E-state index < -0.39 is 0 Å². The average Bonchev–Trinajstić information content (AvgIpc) is 2.54. The minimum atomic E-state index is 0.688. The Balaban J connectivity index is 2.02. The lowest BCUT2D eigenvalue weighted by molar-refractivity contribution is 0.733. The van der Waals surface area contributed by atoms with Gasteiger partial charge in [-0.25, -0.2) is 4.98 Å². The molecule has 0 aliphatic rings. The number of nitrogens with one attached hydrogen (secondary N) is 1. The van der Waals surface area contributed by atoms with Crippen LogP contribution in [0.2, 0.25) is 0 Å². The molecule has 1 N–H and O–H groups in total. The van der Waals surface area contributed by atoms with Gasteiger partial charge < -0.3 is 10.2 Å². The summed E-state index contributed by atoms with van der Waals surface area (Å²) in [6.07, 6.45) is 4.07. The maximum absolute atomic E-state index is 4.63. The monoisotopic (exact) mass is 284 g/mol. The highest BCUT2D eigenvalue weighted by Gasteiger charge is 2.07. The lowest BCUT2D eigenvalue weighted by atomic mass is 10.2. The van der Waals surface area contributed by atoms with Crippen LogP contribution in [0.4, 0.5) is 11.8 Å². The molecule has 0 aliphatic heterocycles. The van der Waals surface area contributed by atoms with Gasteiger partial charge in [0.1, 0.15) is 5.82 Å². The molecular formula is C17H24N4. The molecule has 0 unspecified atom stereocenters. The molecule has 21 heavy (non-hydrogen) atoms. The van der Waals surface area contributed by atoms with E-state index in [4.69, 9.17) is 0 Å². The molecule has 0 bridgehead atoms. The van der Waals surface area contributed by atoms with E-state index in [2.05, 4.69) is 46.2 Å². The first-order chi connectivity index (χ1) is 10.3. The van der Waals surface area contributed by atoms with E-state index in [9.17, 15) is 0 Å². The first-order valence-electron chi connectivity index (χ1n) is 7.69. The summed E-state index contributed by atoms with van der Waals surface area (Å²) in [5, 5.41) is 3.29. The fourth-order valence-corrected chi connectivity index (χ4v) is 2.27. The van der Waals surface area contributed by atoms with E-state index in [0.29, 0.717) is 5.95 Å². The van der Waals surface area contributed by atoms with Crippen molar-refractivity contribution in [2.24, 2.45) is 0 Å². The number of hydrogen-bond acceptors (Lipinski definition) is 4. The fourth-order valence-electron chi connectivity index (χ4n) is 2.27. The number of rotatable bonds is 8. The normalized spacial score (nSPS) is 10.4. The van der Waals surface area contributed by atoms with E-state index >= 15 is 0 Å². The van der Waals surface area contributed by atoms with Gasteiger partial charge in [-0.15, -0.1) is 0 Å². The Hall–Kier alpha value is -2.10. The van der Waals surface area contributed by atoms with Crippen LogP contribution in [-0.2, 0) is 6.54 Å². The zero-order valence-electron chi connectivity index (χ0n) is 12.9. The van der Waals surface area contributed by atoms with Gasteiger partial charge in [-0.1, -0.05) is 44.2 Å². The number of hydrogen-bond donors (Lipinski definition) is 1. The summed E-state index contributed by atoms with van der Waals surface area (Å²) < 4.78 is 0. The Morgan fingerprint density at radius 2 is 1.71 bits per heavy atom. The first-order valence-corrected chi connectivity index (χ1v) is 7.69. The minimum Gasteiger partial charge on any atom is -0.356 e. The van der Waals surface area contributed by atoms with Crippen LogP contribution in [0.25, 0.3) is 0 Å². The molecule has 4 heteroatoms. The predicted molar refractivity (Wildman–Crippen MR) is 88.6 cm³/mol. The van der Waals surface area contributed by atoms with Crippen LogP contribution in [-0.4, -0.2) is 23.1 Å². The largest absolute Gasteiger partial charge is 0.356 e. The van der Waals surface area contributed by atoms with E-state index in [1.54, 1.807) is 0 Å². The van der Waals surface area contributed by atoms with Gasteiger partial charge in [0.15, 0.2) is 0 Å². The smallest absolute Gasteiger partial charge is 0.224 e. The number of anilines is 2. The standard InChI is InChI=1S/C17H24N4/c1-3-12-21(13-4-2)16-10-11-18-17(20-16)19-14-15-8-6-5-7-9-15/h5-11H,3-4,12-14H2,1-2H3,(H,18,19,20). The summed E-state index contributed by atoms with van der Waals surface area (Å²) >= 11 is 0. The fraction of sp³-hybridized carbons (Fsp3) is 0.412. The van der Waals surface area contributed by atoms with Crippen molar-refractivity contribution in [3.8, 4) is 0 Å². The van der Waals surface area contributed by atoms with Crippen LogP contribution in [0.1, 0.15) is 32.3 Å². The SMILES string of the molecule is CCCN(CCC)c1ccnc(NCc2ccccc2)n1. The third-order valence-corrected chi connectivity index (χ3v) is 3.25. The summed E-state index contributed by atoms with van der Waals surface area (Å²) in [4.78, 5) is 11.3. The molecule has 0 saturated carbocycles. The van der Waals surface area contributed by atoms with Crippen LogP contribution in [0.3, 0.4) is 0 Å². The molecule has 0 amide bonds. The summed E-state index contributed by atoms with van der Waals surface area (Å²) in [5.41, 5.74) is 1.23. The highest BCUT2D eigenvalue weighted by molar-refractivity contribution is 5.42. The Morgan fingerprint density at radius 1 is 1.00 bits per heavy atom. The second kappa shape index (κ2) is 8.25. The zero-order valence-corrected chi connectivity index (χ0v) is 12.9. The van der Waals surface area contributed by atoms with Crippen molar-refractivity contribution in [3.05, 3.63) is 48.2 Å². The van der Waals surface area contributed by atoms with Gasteiger partial charge in [0.25, 0.3) is 0 Å². The molecule has 112 valence electrons. The van der Waals surface area contributed by atoms with Crippen LogP contribution in [0, 0.1) is 0 Å². The molecule has 0 saturated heterocycles. The van der Waals surface area contributed by atoms with Crippen LogP contribution < -0.4 is 10.2 Å². The number of nitrogens with zero attached hydrogens (tertiary/aromatic N) is 3. The highest BCUT2D eigenvalue weighted by atomic mass is 15.2. The molecule has 0 aliphatic carbocycles. The summed E-state index contributed by atoms with van der Waals surface area (Å²) in [5.74, 6) is 1.69. The summed E-state index contributed by atoms with van der Waals surface area (Å²) in [6, 6.07) is 12.3. The Labute approximate surface area is 127 Å². The molecule has 0 fully saturated rings. The lowest BCUT2D eigenvalue weighted by Crippen LogP contribution is -2.26. The molecule has 1 aromatic heterocycles. The molecule has 2 aromatic rings. The van der Waals surface area contributed by atoms with Gasteiger partial charge in [-0.05, 0) is 24.5 Å². The quantitative estimate of drug-likeness (QED) is 0.802. The van der Waals surface area contributed by atoms with Gasteiger partial charge in [-0.3, -0.25) is 0 Å². The van der Waals surface area contributed by atoms with E-state index in [-0.39, 0.29) is 0 Å². The van der Waals surface area contributed by atoms with Crippen LogP contribution >= 0.6 is 0 Å². The Kier molecular flexibility index (Phi) is 6.00. The third-order valence-electron chi connectivity index (χ3n) is 3.25. The third kappa shape index (κ3) is 4.74. The van der Waals surface area contributed by atoms with Gasteiger partial charge in [0.2, 0.25) is 5.95 Å². The molecule has 0 spiro atoms. The lowest BCUT2D eigenvalue weighted by Gasteiger charge is -2.22. The minimum absolute atomic E-state index is 0.688. The molecule has 1 heterocycles. The summed E-state index contributed by atoms with van der Waals surface area (Å²) in [6.45, 7) is 7.19. The number of benzene rings is 1.